The number of nitrogens with one attached hydrogen (secondary N) is 1. The predicted octanol–water partition coefficient (Wildman–Crippen LogP) is 2.30. The van der Waals surface area contributed by atoms with E-state index >= 15 is 0 Å². The Morgan fingerprint density at radius 3 is 3.00 bits per heavy atom. The first kappa shape index (κ1) is 11.9. The molecule has 1 N–H and O–H groups in total. The molecular formula is C13H19N3O. The van der Waals surface area contributed by atoms with E-state index in [0.29, 0.717) is 0 Å². The third-order valence-electron chi connectivity index (χ3n) is 2.73. The van der Waals surface area contributed by atoms with Crippen LogP contribution >= 0.6 is 0 Å². The lowest BCUT2D eigenvalue weighted by Crippen LogP contribution is -2.23. The molecule has 0 aliphatic heterocycles. The lowest BCUT2D eigenvalue weighted by atomic mass is 10.1. The molecular weight excluding hydrogens is 214 g/mol. The molecule has 0 bridgehead atoms. The van der Waals surface area contributed by atoms with Gasteiger partial charge in [-0.15, -0.1) is 0 Å². The third kappa shape index (κ3) is 3.20. The number of hydrogen-bond donors (Lipinski definition) is 1. The lowest BCUT2D eigenvalue weighted by molar-refractivity contribution is 0.410. The van der Waals surface area contributed by atoms with Crippen molar-refractivity contribution in [2.45, 2.75) is 25.8 Å². The van der Waals surface area contributed by atoms with Crippen molar-refractivity contribution in [2.24, 2.45) is 7.05 Å². The van der Waals surface area contributed by atoms with E-state index in [9.17, 15) is 0 Å². The van der Waals surface area contributed by atoms with Gasteiger partial charge in [-0.05, 0) is 37.1 Å². The van der Waals surface area contributed by atoms with Gasteiger partial charge in [-0.25, -0.2) is 0 Å². The van der Waals surface area contributed by atoms with Crippen LogP contribution in [0, 0.1) is 0 Å². The molecule has 92 valence electrons. The minimum absolute atomic E-state index is 0.231. The Labute approximate surface area is 102 Å². The zero-order valence-corrected chi connectivity index (χ0v) is 10.4. The molecule has 2 rings (SSSR count). The van der Waals surface area contributed by atoms with Crippen molar-refractivity contribution in [3.05, 3.63) is 42.1 Å². The van der Waals surface area contributed by atoms with E-state index in [1.165, 1.54) is 5.56 Å². The molecule has 0 saturated heterocycles. The lowest BCUT2D eigenvalue weighted by Gasteiger charge is -2.15. The van der Waals surface area contributed by atoms with Gasteiger partial charge in [-0.2, -0.15) is 5.10 Å². The van der Waals surface area contributed by atoms with Crippen LogP contribution in [0.15, 0.2) is 35.2 Å². The highest BCUT2D eigenvalue weighted by Gasteiger charge is 2.14. The Hall–Kier alpha value is -1.55. The van der Waals surface area contributed by atoms with Crippen LogP contribution in [0.3, 0.4) is 0 Å². The van der Waals surface area contributed by atoms with Gasteiger partial charge in [0, 0.05) is 13.2 Å². The van der Waals surface area contributed by atoms with Gasteiger partial charge in [-0.3, -0.25) is 4.68 Å². The fourth-order valence-electron chi connectivity index (χ4n) is 1.89. The van der Waals surface area contributed by atoms with E-state index in [-0.39, 0.29) is 6.04 Å². The summed E-state index contributed by atoms with van der Waals surface area (Å²) in [6.45, 7) is 3.15. The average molecular weight is 233 g/mol. The van der Waals surface area contributed by atoms with Gasteiger partial charge in [0.2, 0.25) is 0 Å². The monoisotopic (exact) mass is 233 g/mol. The maximum Gasteiger partial charge on any atom is 0.121 e. The Kier molecular flexibility index (Phi) is 3.98. The van der Waals surface area contributed by atoms with Gasteiger partial charge in [-0.1, -0.05) is 6.92 Å². The van der Waals surface area contributed by atoms with Crippen molar-refractivity contribution in [3.8, 4) is 0 Å². The van der Waals surface area contributed by atoms with Crippen molar-refractivity contribution in [2.75, 3.05) is 6.54 Å². The summed E-state index contributed by atoms with van der Waals surface area (Å²) >= 11 is 0. The van der Waals surface area contributed by atoms with Gasteiger partial charge in [0.05, 0.1) is 18.5 Å². The van der Waals surface area contributed by atoms with Crippen LogP contribution in [-0.4, -0.2) is 16.3 Å². The maximum atomic E-state index is 5.48. The molecule has 0 saturated carbocycles. The zero-order chi connectivity index (χ0) is 12.1. The highest BCUT2D eigenvalue weighted by molar-refractivity contribution is 5.12. The third-order valence-corrected chi connectivity index (χ3v) is 2.73. The van der Waals surface area contributed by atoms with E-state index < -0.39 is 0 Å². The largest absolute Gasteiger partial charge is 0.468 e. The van der Waals surface area contributed by atoms with Crippen molar-refractivity contribution in [1.82, 2.24) is 15.1 Å². The van der Waals surface area contributed by atoms with E-state index in [1.54, 1.807) is 6.26 Å². The average Bonchev–Trinajstić information content (AvgIpc) is 2.95. The molecule has 1 atom stereocenters. The number of rotatable bonds is 6. The SMILES string of the molecule is CCCNC(Cc1cnn(C)c1)c1ccco1. The Morgan fingerprint density at radius 1 is 1.53 bits per heavy atom. The summed E-state index contributed by atoms with van der Waals surface area (Å²) in [6.07, 6.45) is 7.69. The van der Waals surface area contributed by atoms with Gasteiger partial charge in [0.1, 0.15) is 5.76 Å². The van der Waals surface area contributed by atoms with E-state index in [1.807, 2.05) is 36.3 Å². The van der Waals surface area contributed by atoms with Gasteiger partial charge < -0.3 is 9.73 Å². The molecule has 17 heavy (non-hydrogen) atoms. The van der Waals surface area contributed by atoms with Gasteiger partial charge >= 0.3 is 0 Å². The summed E-state index contributed by atoms with van der Waals surface area (Å²) in [4.78, 5) is 0. The first-order valence-corrected chi connectivity index (χ1v) is 6.04. The normalized spacial score (nSPS) is 12.8. The standard InChI is InChI=1S/C13H19N3O/c1-3-6-14-12(13-5-4-7-17-13)8-11-9-15-16(2)10-11/h4-5,7,9-10,12,14H,3,6,8H2,1-2H3. The molecule has 4 heteroatoms. The smallest absolute Gasteiger partial charge is 0.121 e. The number of hydrogen-bond acceptors (Lipinski definition) is 3. The molecule has 2 heterocycles. The molecule has 0 amide bonds. The van der Waals surface area contributed by atoms with Crippen molar-refractivity contribution >= 4 is 0 Å². The first-order chi connectivity index (χ1) is 8.29. The van der Waals surface area contributed by atoms with Crippen molar-refractivity contribution < 1.29 is 4.42 Å². The molecule has 2 aromatic rings. The number of aromatic nitrogens is 2. The highest BCUT2D eigenvalue weighted by Crippen LogP contribution is 2.18. The van der Waals surface area contributed by atoms with Crippen LogP contribution in [0.4, 0.5) is 0 Å². The van der Waals surface area contributed by atoms with E-state index in [2.05, 4.69) is 17.3 Å². The van der Waals surface area contributed by atoms with Crippen molar-refractivity contribution in [1.29, 1.82) is 0 Å². The summed E-state index contributed by atoms with van der Waals surface area (Å²) in [7, 11) is 1.94. The van der Waals surface area contributed by atoms with Crippen LogP contribution in [-0.2, 0) is 13.5 Å². The minimum Gasteiger partial charge on any atom is -0.468 e. The summed E-state index contributed by atoms with van der Waals surface area (Å²) in [6, 6.07) is 4.18. The molecule has 0 aromatic carbocycles. The van der Waals surface area contributed by atoms with Gasteiger partial charge in [0.15, 0.2) is 0 Å². The Morgan fingerprint density at radius 2 is 2.41 bits per heavy atom. The fourth-order valence-corrected chi connectivity index (χ4v) is 1.89. The number of aryl methyl sites for hydroxylation is 1. The molecule has 0 aliphatic carbocycles. The van der Waals surface area contributed by atoms with Crippen LogP contribution in [0.5, 0.6) is 0 Å². The topological polar surface area (TPSA) is 43.0 Å². The second kappa shape index (κ2) is 5.68. The molecule has 2 aromatic heterocycles. The number of nitrogens with zero attached hydrogens (tertiary/aromatic N) is 2. The Bertz CT molecular complexity index is 433. The molecule has 0 radical (unpaired) electrons. The number of furan rings is 1. The molecule has 0 fully saturated rings. The molecule has 1 unspecified atom stereocenters. The molecule has 0 spiro atoms. The summed E-state index contributed by atoms with van der Waals surface area (Å²) in [5.41, 5.74) is 1.22. The molecule has 0 aliphatic rings. The summed E-state index contributed by atoms with van der Waals surface area (Å²) < 4.78 is 7.31. The summed E-state index contributed by atoms with van der Waals surface area (Å²) in [5, 5.41) is 7.69. The fraction of sp³-hybridized carbons (Fsp3) is 0.462. The Balaban J connectivity index is 2.05. The van der Waals surface area contributed by atoms with E-state index in [0.717, 1.165) is 25.1 Å². The molecule has 4 nitrogen and oxygen atoms in total. The van der Waals surface area contributed by atoms with Crippen LogP contribution in [0.1, 0.15) is 30.7 Å². The quantitative estimate of drug-likeness (QED) is 0.832. The van der Waals surface area contributed by atoms with E-state index in [4.69, 9.17) is 4.42 Å². The van der Waals surface area contributed by atoms with Crippen LogP contribution in [0.25, 0.3) is 0 Å². The first-order valence-electron chi connectivity index (χ1n) is 6.04. The maximum absolute atomic E-state index is 5.48. The van der Waals surface area contributed by atoms with Crippen LogP contribution in [0.2, 0.25) is 0 Å². The second-order valence-corrected chi connectivity index (χ2v) is 4.25. The second-order valence-electron chi connectivity index (χ2n) is 4.25. The van der Waals surface area contributed by atoms with Crippen LogP contribution < -0.4 is 5.32 Å². The minimum atomic E-state index is 0.231. The summed E-state index contributed by atoms with van der Waals surface area (Å²) in [5.74, 6) is 0.988. The van der Waals surface area contributed by atoms with Gasteiger partial charge in [0.25, 0.3) is 0 Å². The zero-order valence-electron chi connectivity index (χ0n) is 10.4. The highest BCUT2D eigenvalue weighted by atomic mass is 16.3. The predicted molar refractivity (Wildman–Crippen MR) is 66.7 cm³/mol. The van der Waals surface area contributed by atoms with Crippen molar-refractivity contribution in [3.63, 3.8) is 0 Å².